The normalized spacial score (nSPS) is 14.3. The fourth-order valence-electron chi connectivity index (χ4n) is 5.15. The zero-order valence-corrected chi connectivity index (χ0v) is 28.1. The molecule has 0 spiro atoms. The smallest absolute Gasteiger partial charge is 0.412 e. The number of benzene rings is 1. The summed E-state index contributed by atoms with van der Waals surface area (Å²) in [5.74, 6) is 0.591. The van der Waals surface area contributed by atoms with Gasteiger partial charge in [0, 0.05) is 57.9 Å². The first-order valence-corrected chi connectivity index (χ1v) is 16.5. The van der Waals surface area contributed by atoms with E-state index in [0.717, 1.165) is 5.39 Å². The number of aliphatic hydroxyl groups excluding tert-OH is 1. The van der Waals surface area contributed by atoms with E-state index in [4.69, 9.17) is 38.1 Å². The monoisotopic (exact) mass is 694 g/mol. The van der Waals surface area contributed by atoms with Gasteiger partial charge >= 0.3 is 12.1 Å². The lowest BCUT2D eigenvalue weighted by Gasteiger charge is -2.27. The molecule has 16 nitrogen and oxygen atoms in total. The Bertz CT molecular complexity index is 1740. The minimum Gasteiger partial charge on any atom is -0.460 e. The van der Waals surface area contributed by atoms with E-state index in [1.165, 1.54) is 7.11 Å². The molecule has 268 valence electrons. The summed E-state index contributed by atoms with van der Waals surface area (Å²) in [6.45, 7) is 4.29. The number of pyridine rings is 1. The maximum absolute atomic E-state index is 12.5. The highest BCUT2D eigenvalue weighted by atomic mass is 16.7. The Balaban J connectivity index is 1.07. The fourth-order valence-corrected chi connectivity index (χ4v) is 5.15. The van der Waals surface area contributed by atoms with Crippen LogP contribution in [-0.4, -0.2) is 110 Å². The fraction of sp³-hybridized carbons (Fsp3) is 0.471. The Morgan fingerprint density at radius 1 is 1.06 bits per heavy atom. The predicted molar refractivity (Wildman–Crippen MR) is 180 cm³/mol. The summed E-state index contributed by atoms with van der Waals surface area (Å²) in [6, 6.07) is 10.6. The third kappa shape index (κ3) is 9.84. The Hall–Kier alpha value is -4.90. The molecule has 16 heteroatoms. The summed E-state index contributed by atoms with van der Waals surface area (Å²) in [4.78, 5) is 52.8. The number of fused-ring (bicyclic) bond motifs is 3. The zero-order chi connectivity index (χ0) is 35.3. The van der Waals surface area contributed by atoms with Gasteiger partial charge in [-0.3, -0.25) is 9.59 Å². The molecule has 1 saturated heterocycles. The highest BCUT2D eigenvalue weighted by Gasteiger charge is 2.23. The molecule has 3 N–H and O–H groups in total. The first-order chi connectivity index (χ1) is 24.4. The number of hydrogen-bond acceptors (Lipinski definition) is 14. The van der Waals surface area contributed by atoms with Crippen LogP contribution in [-0.2, 0) is 28.5 Å². The molecular formula is C34H42N6O10. The van der Waals surface area contributed by atoms with Crippen molar-refractivity contribution in [2.45, 2.75) is 45.0 Å². The molecular weight excluding hydrogens is 652 g/mol. The van der Waals surface area contributed by atoms with Crippen LogP contribution in [0, 0.1) is 0 Å². The maximum atomic E-state index is 12.5. The van der Waals surface area contributed by atoms with Crippen LogP contribution in [0.1, 0.15) is 32.6 Å². The molecule has 0 radical (unpaired) electrons. The van der Waals surface area contributed by atoms with E-state index in [1.807, 2.05) is 25.1 Å². The van der Waals surface area contributed by atoms with Gasteiger partial charge in [-0.05, 0) is 37.1 Å². The molecule has 4 heterocycles. The molecule has 2 atom stereocenters. The Kier molecular flexibility index (Phi) is 13.2. The number of amides is 2. The van der Waals surface area contributed by atoms with Crippen LogP contribution in [0.5, 0.6) is 5.75 Å². The number of carbonyl (C=O) groups is 3. The topological polar surface area (TPSA) is 197 Å². The number of aliphatic hydroxyl groups is 1. The molecule has 4 aromatic rings. The van der Waals surface area contributed by atoms with E-state index in [2.05, 4.69) is 20.5 Å². The van der Waals surface area contributed by atoms with Crippen LogP contribution in [0.4, 0.5) is 10.6 Å². The summed E-state index contributed by atoms with van der Waals surface area (Å²) in [7, 11) is 1.42. The van der Waals surface area contributed by atoms with Crippen molar-refractivity contribution >= 4 is 46.0 Å². The van der Waals surface area contributed by atoms with Gasteiger partial charge in [0.05, 0.1) is 31.3 Å². The van der Waals surface area contributed by atoms with E-state index in [-0.39, 0.29) is 57.2 Å². The summed E-state index contributed by atoms with van der Waals surface area (Å²) in [5.41, 5.74) is 2.29. The number of esters is 1. The number of nitrogens with one attached hydrogen (secondary N) is 2. The van der Waals surface area contributed by atoms with E-state index < -0.39 is 24.5 Å². The number of rotatable bonds is 17. The van der Waals surface area contributed by atoms with Crippen molar-refractivity contribution in [3.8, 4) is 17.1 Å². The van der Waals surface area contributed by atoms with Gasteiger partial charge in [0.25, 0.3) is 0 Å². The first-order valence-electron chi connectivity index (χ1n) is 16.5. The highest BCUT2D eigenvalue weighted by Crippen LogP contribution is 2.35. The third-order valence-corrected chi connectivity index (χ3v) is 7.83. The van der Waals surface area contributed by atoms with Gasteiger partial charge in [-0.2, -0.15) is 0 Å². The van der Waals surface area contributed by atoms with Crippen LogP contribution in [0.25, 0.3) is 33.6 Å². The molecule has 1 aliphatic rings. The molecule has 1 aliphatic heterocycles. The van der Waals surface area contributed by atoms with Crippen molar-refractivity contribution in [1.82, 2.24) is 25.6 Å². The molecule has 2 unspecified atom stereocenters. The van der Waals surface area contributed by atoms with Crippen molar-refractivity contribution in [2.24, 2.45) is 0 Å². The number of ether oxygens (including phenoxy) is 5. The second-order valence-electron chi connectivity index (χ2n) is 11.4. The number of morpholine rings is 1. The third-order valence-electron chi connectivity index (χ3n) is 7.83. The summed E-state index contributed by atoms with van der Waals surface area (Å²) >= 11 is 0. The van der Waals surface area contributed by atoms with E-state index in [1.54, 1.807) is 24.4 Å². The second-order valence-corrected chi connectivity index (χ2v) is 11.4. The summed E-state index contributed by atoms with van der Waals surface area (Å²) in [6.07, 6.45) is 0.763. The standard InChI is InChI=1S/C34H42N6O10/c1-3-23(20-41)48-28(45-2)21-47-27(43)11-5-10-26(42)35-13-14-37-34(44)49-24-8-4-7-22(19-24)31-38-29-25-9-6-12-36-33(25)50-30(29)32(39-31)40-15-17-46-18-16-40/h4,6-9,12,19,23,28,41H,3,5,10-11,13-18,20-21H2,1-2H3,(H,35,42)(H,37,44). The molecule has 0 aliphatic carbocycles. The molecule has 1 fully saturated rings. The molecule has 1 aromatic carbocycles. The number of furan rings is 1. The number of carbonyl (C=O) groups excluding carboxylic acids is 3. The van der Waals surface area contributed by atoms with Crippen molar-refractivity contribution in [3.63, 3.8) is 0 Å². The van der Waals surface area contributed by atoms with E-state index >= 15 is 0 Å². The van der Waals surface area contributed by atoms with Gasteiger partial charge in [-0.15, -0.1) is 0 Å². The zero-order valence-electron chi connectivity index (χ0n) is 28.1. The van der Waals surface area contributed by atoms with Crippen molar-refractivity contribution < 1.29 is 47.6 Å². The molecule has 2 amide bonds. The quantitative estimate of drug-likeness (QED) is 0.0829. The number of hydrogen-bond donors (Lipinski definition) is 3. The average molecular weight is 695 g/mol. The molecule has 3 aromatic heterocycles. The van der Waals surface area contributed by atoms with Crippen LogP contribution in [0.2, 0.25) is 0 Å². The lowest BCUT2D eigenvalue weighted by molar-refractivity contribution is -0.194. The Labute approximate surface area is 288 Å². The lowest BCUT2D eigenvalue weighted by atomic mass is 10.2. The predicted octanol–water partition coefficient (Wildman–Crippen LogP) is 2.95. The Morgan fingerprint density at radius 3 is 2.66 bits per heavy atom. The van der Waals surface area contributed by atoms with Crippen molar-refractivity contribution in [1.29, 1.82) is 0 Å². The average Bonchev–Trinajstić information content (AvgIpc) is 3.52. The van der Waals surface area contributed by atoms with Gasteiger partial charge in [-0.25, -0.2) is 19.7 Å². The summed E-state index contributed by atoms with van der Waals surface area (Å²) in [5, 5.41) is 15.3. The SMILES string of the molecule is CCC(CO)OC(COC(=O)CCCC(=O)NCCNC(=O)Oc1cccc(-c2nc(N3CCOCC3)c3oc4ncccc4c3n2)c1)OC. The van der Waals surface area contributed by atoms with Gasteiger partial charge in [0.15, 0.2) is 23.5 Å². The van der Waals surface area contributed by atoms with Crippen LogP contribution in [0.15, 0.2) is 47.0 Å². The number of anilines is 1. The first kappa shape index (κ1) is 36.4. The van der Waals surface area contributed by atoms with Gasteiger partial charge in [0.2, 0.25) is 11.6 Å². The largest absolute Gasteiger partial charge is 0.460 e. The molecule has 0 bridgehead atoms. The van der Waals surface area contributed by atoms with E-state index in [0.29, 0.717) is 66.7 Å². The van der Waals surface area contributed by atoms with Gasteiger partial charge < -0.3 is 48.7 Å². The molecule has 5 rings (SSSR count). The second kappa shape index (κ2) is 18.2. The highest BCUT2D eigenvalue weighted by molar-refractivity contribution is 6.05. The number of aromatic nitrogens is 3. The van der Waals surface area contributed by atoms with Crippen molar-refractivity contribution in [3.05, 3.63) is 42.6 Å². The molecule has 0 saturated carbocycles. The Morgan fingerprint density at radius 2 is 1.88 bits per heavy atom. The van der Waals surface area contributed by atoms with Crippen LogP contribution >= 0.6 is 0 Å². The van der Waals surface area contributed by atoms with Crippen LogP contribution < -0.4 is 20.3 Å². The van der Waals surface area contributed by atoms with E-state index in [9.17, 15) is 19.5 Å². The minimum absolute atomic E-state index is 0.0357. The number of methoxy groups -OCH3 is 1. The van der Waals surface area contributed by atoms with Gasteiger partial charge in [-0.1, -0.05) is 19.1 Å². The lowest BCUT2D eigenvalue weighted by Crippen LogP contribution is -2.37. The van der Waals surface area contributed by atoms with Crippen molar-refractivity contribution in [2.75, 3.05) is 64.6 Å². The van der Waals surface area contributed by atoms with Gasteiger partial charge in [0.1, 0.15) is 17.9 Å². The summed E-state index contributed by atoms with van der Waals surface area (Å²) < 4.78 is 32.9. The number of nitrogens with zero attached hydrogens (tertiary/aromatic N) is 4. The minimum atomic E-state index is -0.790. The maximum Gasteiger partial charge on any atom is 0.412 e. The molecule has 50 heavy (non-hydrogen) atoms. The van der Waals surface area contributed by atoms with Crippen LogP contribution in [0.3, 0.4) is 0 Å².